The van der Waals surface area contributed by atoms with Gasteiger partial charge >= 0.3 is 5.69 Å². The third-order valence-electron chi connectivity index (χ3n) is 6.39. The summed E-state index contributed by atoms with van der Waals surface area (Å²) in [6.45, 7) is 4.77. The number of rotatable bonds is 15. The molecule has 0 amide bonds. The van der Waals surface area contributed by atoms with Gasteiger partial charge in [-0.2, -0.15) is 10.1 Å². The first-order chi connectivity index (χ1) is 17.5. The van der Waals surface area contributed by atoms with E-state index in [1.807, 2.05) is 54.0 Å². The number of hydrazone groups is 1. The normalized spacial score (nSPS) is 12.1. The number of hydrogen-bond donors (Lipinski definition) is 2. The number of nitrogens with one attached hydrogen (secondary N) is 2. The number of aromatic nitrogens is 4. The van der Waals surface area contributed by atoms with Crippen molar-refractivity contribution in [3.05, 3.63) is 62.8 Å². The van der Waals surface area contributed by atoms with E-state index < -0.39 is 11.2 Å². The van der Waals surface area contributed by atoms with Crippen molar-refractivity contribution in [2.24, 2.45) is 12.1 Å². The number of aromatic amines is 1. The predicted octanol–water partition coefficient (Wildman–Crippen LogP) is 5.85. The van der Waals surface area contributed by atoms with Gasteiger partial charge in [0, 0.05) is 13.6 Å². The average Bonchev–Trinajstić information content (AvgIpc) is 3.25. The number of unbranched alkanes of at least 4 members (excludes halogenated alkanes) is 9. The summed E-state index contributed by atoms with van der Waals surface area (Å²) in [6.07, 6.45) is 16.3. The molecule has 0 saturated carbocycles. The maximum absolute atomic E-state index is 12.7. The molecule has 0 radical (unpaired) electrons. The summed E-state index contributed by atoms with van der Waals surface area (Å²) in [5.74, 6) is 0.458. The first-order valence-corrected chi connectivity index (χ1v) is 13.2. The second kappa shape index (κ2) is 14.2. The summed E-state index contributed by atoms with van der Waals surface area (Å²) >= 11 is 0. The standard InChI is InChI=1S/C28H40N6O2/c1-4-5-6-7-8-9-10-11-12-16-21-34-24-25(33(3)28(36)30-26(24)35)29-27(34)32-31-22(2)19-20-23-17-14-13-15-18-23/h13-15,17-20H,4-12,16,21H2,1-3H3,(H,29,32)(H,30,35,36)/b20-19+,31-22+. The zero-order chi connectivity index (χ0) is 25.8. The van der Waals surface area contributed by atoms with Gasteiger partial charge in [-0.25, -0.2) is 10.2 Å². The SMILES string of the molecule is CCCCCCCCCCCCn1c(N/N=C(C)/C=C/c2ccccc2)nc2c1c(=O)[nH]c(=O)n2C. The number of nitrogens with zero attached hydrogens (tertiary/aromatic N) is 4. The molecule has 2 N–H and O–H groups in total. The Morgan fingerprint density at radius 3 is 2.31 bits per heavy atom. The molecule has 3 aromatic rings. The van der Waals surface area contributed by atoms with E-state index in [2.05, 4.69) is 27.4 Å². The molecular formula is C28H40N6O2. The summed E-state index contributed by atoms with van der Waals surface area (Å²) < 4.78 is 3.21. The Morgan fingerprint density at radius 1 is 1.00 bits per heavy atom. The van der Waals surface area contributed by atoms with Crippen LogP contribution in [0.4, 0.5) is 5.95 Å². The molecule has 8 heteroatoms. The first kappa shape index (κ1) is 27.2. The lowest BCUT2D eigenvalue weighted by atomic mass is 10.1. The summed E-state index contributed by atoms with van der Waals surface area (Å²) in [5, 5.41) is 4.44. The van der Waals surface area contributed by atoms with Gasteiger partial charge in [0.2, 0.25) is 5.95 Å². The largest absolute Gasteiger partial charge is 0.329 e. The molecule has 0 aliphatic rings. The van der Waals surface area contributed by atoms with E-state index in [0.717, 1.165) is 24.1 Å². The molecule has 2 aromatic heterocycles. The molecule has 0 spiro atoms. The van der Waals surface area contributed by atoms with Crippen molar-refractivity contribution in [2.45, 2.75) is 84.6 Å². The highest BCUT2D eigenvalue weighted by molar-refractivity contribution is 5.96. The van der Waals surface area contributed by atoms with Gasteiger partial charge in [0.15, 0.2) is 11.2 Å². The molecule has 0 atom stereocenters. The number of fused-ring (bicyclic) bond motifs is 1. The van der Waals surface area contributed by atoms with Crippen molar-refractivity contribution in [2.75, 3.05) is 5.43 Å². The lowest BCUT2D eigenvalue weighted by molar-refractivity contribution is 0.538. The van der Waals surface area contributed by atoms with E-state index in [1.165, 1.54) is 55.9 Å². The minimum Gasteiger partial charge on any atom is -0.303 e. The Hall–Kier alpha value is -3.42. The van der Waals surface area contributed by atoms with Crippen LogP contribution < -0.4 is 16.7 Å². The Labute approximate surface area is 213 Å². The van der Waals surface area contributed by atoms with Crippen LogP contribution in [-0.2, 0) is 13.6 Å². The van der Waals surface area contributed by atoms with E-state index >= 15 is 0 Å². The molecule has 0 saturated heterocycles. The zero-order valence-electron chi connectivity index (χ0n) is 21.9. The van der Waals surface area contributed by atoms with Gasteiger partial charge in [-0.1, -0.05) is 101 Å². The maximum Gasteiger partial charge on any atom is 0.329 e. The van der Waals surface area contributed by atoms with Gasteiger partial charge in [0.05, 0.1) is 5.71 Å². The van der Waals surface area contributed by atoms with Gasteiger partial charge in [-0.15, -0.1) is 0 Å². The van der Waals surface area contributed by atoms with Crippen molar-refractivity contribution in [3.63, 3.8) is 0 Å². The second-order valence-electron chi connectivity index (χ2n) is 9.37. The van der Waals surface area contributed by atoms with Crippen LogP contribution in [0.1, 0.15) is 83.6 Å². The third kappa shape index (κ3) is 7.80. The highest BCUT2D eigenvalue weighted by Gasteiger charge is 2.17. The first-order valence-electron chi connectivity index (χ1n) is 13.2. The third-order valence-corrected chi connectivity index (χ3v) is 6.39. The van der Waals surface area contributed by atoms with Crippen LogP contribution in [-0.4, -0.2) is 24.8 Å². The van der Waals surface area contributed by atoms with Crippen LogP contribution in [0.2, 0.25) is 0 Å². The maximum atomic E-state index is 12.7. The van der Waals surface area contributed by atoms with Crippen LogP contribution in [0, 0.1) is 0 Å². The molecule has 0 bridgehead atoms. The smallest absolute Gasteiger partial charge is 0.303 e. The van der Waals surface area contributed by atoms with Gasteiger partial charge in [-0.05, 0) is 25.0 Å². The number of H-pyrrole nitrogens is 1. The van der Waals surface area contributed by atoms with Crippen molar-refractivity contribution >= 4 is 28.9 Å². The lowest BCUT2D eigenvalue weighted by Crippen LogP contribution is -2.29. The molecule has 0 unspecified atom stereocenters. The molecule has 0 aliphatic heterocycles. The van der Waals surface area contributed by atoms with Crippen LogP contribution in [0.5, 0.6) is 0 Å². The highest BCUT2D eigenvalue weighted by atomic mass is 16.2. The molecule has 36 heavy (non-hydrogen) atoms. The van der Waals surface area contributed by atoms with Crippen molar-refractivity contribution in [1.82, 2.24) is 19.1 Å². The van der Waals surface area contributed by atoms with Gasteiger partial charge in [0.25, 0.3) is 5.56 Å². The summed E-state index contributed by atoms with van der Waals surface area (Å²) in [6, 6.07) is 10.0. The number of allylic oxidation sites excluding steroid dienone is 1. The fourth-order valence-corrected chi connectivity index (χ4v) is 4.25. The predicted molar refractivity (Wildman–Crippen MR) is 150 cm³/mol. The van der Waals surface area contributed by atoms with Crippen LogP contribution in [0.25, 0.3) is 17.2 Å². The number of anilines is 1. The van der Waals surface area contributed by atoms with Gasteiger partial charge in [0.1, 0.15) is 0 Å². The Bertz CT molecular complexity index is 1270. The van der Waals surface area contributed by atoms with Crippen LogP contribution >= 0.6 is 0 Å². The number of aryl methyl sites for hydroxylation is 2. The Morgan fingerprint density at radius 2 is 1.64 bits per heavy atom. The van der Waals surface area contributed by atoms with Gasteiger partial charge < -0.3 is 4.57 Å². The Balaban J connectivity index is 1.66. The fraction of sp³-hybridized carbons (Fsp3) is 0.500. The quantitative estimate of drug-likeness (QED) is 0.158. The van der Waals surface area contributed by atoms with Crippen LogP contribution in [0.3, 0.4) is 0 Å². The van der Waals surface area contributed by atoms with Crippen molar-refractivity contribution < 1.29 is 0 Å². The molecule has 194 valence electrons. The van der Waals surface area contributed by atoms with E-state index in [4.69, 9.17) is 0 Å². The zero-order valence-corrected chi connectivity index (χ0v) is 21.9. The van der Waals surface area contributed by atoms with E-state index in [9.17, 15) is 9.59 Å². The number of imidazole rings is 1. The summed E-state index contributed by atoms with van der Waals surface area (Å²) in [4.78, 5) is 31.7. The molecule has 0 fully saturated rings. The fourth-order valence-electron chi connectivity index (χ4n) is 4.25. The number of benzene rings is 1. The summed E-state index contributed by atoms with van der Waals surface area (Å²) in [7, 11) is 1.61. The van der Waals surface area contributed by atoms with E-state index in [0.29, 0.717) is 23.7 Å². The topological polar surface area (TPSA) is 97.1 Å². The molecule has 2 heterocycles. The summed E-state index contributed by atoms with van der Waals surface area (Å²) in [5.41, 5.74) is 4.71. The molecule has 1 aromatic carbocycles. The van der Waals surface area contributed by atoms with Crippen molar-refractivity contribution in [3.8, 4) is 0 Å². The lowest BCUT2D eigenvalue weighted by Gasteiger charge is -2.08. The highest BCUT2D eigenvalue weighted by Crippen LogP contribution is 2.18. The van der Waals surface area contributed by atoms with E-state index in [1.54, 1.807) is 7.05 Å². The average molecular weight is 493 g/mol. The minimum atomic E-state index is -0.479. The van der Waals surface area contributed by atoms with E-state index in [-0.39, 0.29) is 0 Å². The molecular weight excluding hydrogens is 452 g/mol. The van der Waals surface area contributed by atoms with Crippen molar-refractivity contribution in [1.29, 1.82) is 0 Å². The van der Waals surface area contributed by atoms with Gasteiger partial charge in [-0.3, -0.25) is 14.3 Å². The second-order valence-corrected chi connectivity index (χ2v) is 9.37. The number of hydrogen-bond acceptors (Lipinski definition) is 5. The molecule has 8 nitrogen and oxygen atoms in total. The Kier molecular flexibility index (Phi) is 10.7. The minimum absolute atomic E-state index is 0.353. The molecule has 3 rings (SSSR count). The van der Waals surface area contributed by atoms with Crippen LogP contribution in [0.15, 0.2) is 51.1 Å². The monoisotopic (exact) mass is 492 g/mol. The molecule has 0 aliphatic carbocycles.